The fraction of sp³-hybridized carbons (Fsp3) is 0.500. The van der Waals surface area contributed by atoms with Crippen molar-refractivity contribution in [3.05, 3.63) is 30.5 Å². The van der Waals surface area contributed by atoms with Crippen molar-refractivity contribution in [2.45, 2.75) is 45.6 Å². The standard InChI is InChI=1S/C18H24N2O/c1-18(2)10-5-4-6-16(18)20-17-15-8-7-14(21-3)12-13(15)9-11-19-17/h7-9,11-12,16H,4-6,10H2,1-3H3,(H,19,20). The molecule has 1 N–H and O–H groups in total. The number of nitrogens with zero attached hydrogens (tertiary/aromatic N) is 1. The second-order valence-electron chi connectivity index (χ2n) is 6.68. The maximum Gasteiger partial charge on any atom is 0.134 e. The summed E-state index contributed by atoms with van der Waals surface area (Å²) in [5.41, 5.74) is 0.328. The summed E-state index contributed by atoms with van der Waals surface area (Å²) in [7, 11) is 1.70. The highest BCUT2D eigenvalue weighted by Gasteiger charge is 2.32. The topological polar surface area (TPSA) is 34.1 Å². The van der Waals surface area contributed by atoms with Gasteiger partial charge in [0.25, 0.3) is 0 Å². The number of aromatic nitrogens is 1. The van der Waals surface area contributed by atoms with Crippen LogP contribution in [0.25, 0.3) is 10.8 Å². The highest BCUT2D eigenvalue weighted by Crippen LogP contribution is 2.38. The average Bonchev–Trinajstić information content (AvgIpc) is 2.49. The van der Waals surface area contributed by atoms with Gasteiger partial charge in [-0.25, -0.2) is 4.98 Å². The third-order valence-electron chi connectivity index (χ3n) is 4.79. The van der Waals surface area contributed by atoms with Gasteiger partial charge in [-0.3, -0.25) is 0 Å². The largest absolute Gasteiger partial charge is 0.497 e. The molecule has 0 spiro atoms. The molecule has 1 saturated carbocycles. The first-order valence-corrected chi connectivity index (χ1v) is 7.79. The van der Waals surface area contributed by atoms with Crippen molar-refractivity contribution < 1.29 is 4.74 Å². The van der Waals surface area contributed by atoms with Crippen molar-refractivity contribution in [3.8, 4) is 5.75 Å². The Hall–Kier alpha value is -1.77. The molecule has 0 amide bonds. The minimum Gasteiger partial charge on any atom is -0.497 e. The highest BCUT2D eigenvalue weighted by molar-refractivity contribution is 5.92. The molecule has 1 aliphatic rings. The number of ether oxygens (including phenoxy) is 1. The Kier molecular flexibility index (Phi) is 3.75. The number of fused-ring (bicyclic) bond motifs is 1. The number of anilines is 1. The number of benzene rings is 1. The molecule has 1 atom stereocenters. The lowest BCUT2D eigenvalue weighted by Gasteiger charge is -2.39. The van der Waals surface area contributed by atoms with Crippen LogP contribution in [-0.4, -0.2) is 18.1 Å². The molecule has 21 heavy (non-hydrogen) atoms. The SMILES string of the molecule is COc1ccc2c(NC3CCCCC3(C)C)nccc2c1. The first-order chi connectivity index (χ1) is 10.1. The van der Waals surface area contributed by atoms with Crippen LogP contribution >= 0.6 is 0 Å². The van der Waals surface area contributed by atoms with Crippen molar-refractivity contribution >= 4 is 16.6 Å². The smallest absolute Gasteiger partial charge is 0.134 e. The summed E-state index contributed by atoms with van der Waals surface area (Å²) >= 11 is 0. The number of rotatable bonds is 3. The van der Waals surface area contributed by atoms with E-state index in [0.29, 0.717) is 11.5 Å². The minimum atomic E-state index is 0.328. The van der Waals surface area contributed by atoms with E-state index < -0.39 is 0 Å². The highest BCUT2D eigenvalue weighted by atomic mass is 16.5. The van der Waals surface area contributed by atoms with E-state index in [4.69, 9.17) is 4.74 Å². The molecule has 1 aliphatic carbocycles. The first-order valence-electron chi connectivity index (χ1n) is 7.79. The van der Waals surface area contributed by atoms with Crippen molar-refractivity contribution in [1.82, 2.24) is 4.98 Å². The monoisotopic (exact) mass is 284 g/mol. The van der Waals surface area contributed by atoms with Crippen LogP contribution in [0.4, 0.5) is 5.82 Å². The Morgan fingerprint density at radius 2 is 2.10 bits per heavy atom. The lowest BCUT2D eigenvalue weighted by atomic mass is 9.73. The first kappa shape index (κ1) is 14.2. The van der Waals surface area contributed by atoms with E-state index >= 15 is 0 Å². The second kappa shape index (κ2) is 5.55. The summed E-state index contributed by atoms with van der Waals surface area (Å²) in [6, 6.07) is 8.69. The molecule has 3 heteroatoms. The van der Waals surface area contributed by atoms with Gasteiger partial charge in [-0.15, -0.1) is 0 Å². The molecule has 0 aliphatic heterocycles. The molecular weight excluding hydrogens is 260 g/mol. The van der Waals surface area contributed by atoms with Crippen LogP contribution in [0.2, 0.25) is 0 Å². The minimum absolute atomic E-state index is 0.328. The van der Waals surface area contributed by atoms with Crippen LogP contribution in [0.3, 0.4) is 0 Å². The normalized spacial score (nSPS) is 21.2. The van der Waals surface area contributed by atoms with Crippen LogP contribution in [0, 0.1) is 5.41 Å². The van der Waals surface area contributed by atoms with Gasteiger partial charge in [0.05, 0.1) is 7.11 Å². The van der Waals surface area contributed by atoms with Gasteiger partial charge in [-0.1, -0.05) is 26.7 Å². The van der Waals surface area contributed by atoms with E-state index in [2.05, 4.69) is 36.3 Å². The van der Waals surface area contributed by atoms with E-state index in [0.717, 1.165) is 11.6 Å². The van der Waals surface area contributed by atoms with Crippen LogP contribution < -0.4 is 10.1 Å². The lowest BCUT2D eigenvalue weighted by molar-refractivity contribution is 0.217. The molecule has 3 rings (SSSR count). The Morgan fingerprint density at radius 3 is 2.86 bits per heavy atom. The summed E-state index contributed by atoms with van der Waals surface area (Å²) in [4.78, 5) is 4.57. The van der Waals surface area contributed by atoms with Gasteiger partial charge in [-0.2, -0.15) is 0 Å². The van der Waals surface area contributed by atoms with Crippen molar-refractivity contribution in [1.29, 1.82) is 0 Å². The van der Waals surface area contributed by atoms with Crippen molar-refractivity contribution in [3.63, 3.8) is 0 Å². The number of hydrogen-bond acceptors (Lipinski definition) is 3. The van der Waals surface area contributed by atoms with Gasteiger partial charge >= 0.3 is 0 Å². The molecule has 1 heterocycles. The van der Waals surface area contributed by atoms with E-state index in [1.165, 1.54) is 36.5 Å². The number of nitrogens with one attached hydrogen (secondary N) is 1. The van der Waals surface area contributed by atoms with Crippen LogP contribution in [0.5, 0.6) is 5.75 Å². The summed E-state index contributed by atoms with van der Waals surface area (Å²) in [5, 5.41) is 6.03. The fourth-order valence-electron chi connectivity index (χ4n) is 3.32. The molecule has 1 aromatic carbocycles. The van der Waals surface area contributed by atoms with Gasteiger partial charge in [0.2, 0.25) is 0 Å². The van der Waals surface area contributed by atoms with Gasteiger partial charge in [0.1, 0.15) is 11.6 Å². The zero-order valence-corrected chi connectivity index (χ0v) is 13.1. The second-order valence-corrected chi connectivity index (χ2v) is 6.68. The van der Waals surface area contributed by atoms with E-state index in [1.807, 2.05) is 18.3 Å². The van der Waals surface area contributed by atoms with Crippen LogP contribution in [0.15, 0.2) is 30.5 Å². The maximum absolute atomic E-state index is 5.30. The molecule has 1 unspecified atom stereocenters. The third kappa shape index (κ3) is 2.82. The zero-order chi connectivity index (χ0) is 14.9. The molecule has 1 aromatic heterocycles. The zero-order valence-electron chi connectivity index (χ0n) is 13.1. The predicted octanol–water partition coefficient (Wildman–Crippen LogP) is 4.62. The Morgan fingerprint density at radius 1 is 1.24 bits per heavy atom. The molecule has 112 valence electrons. The summed E-state index contributed by atoms with van der Waals surface area (Å²) < 4.78 is 5.30. The summed E-state index contributed by atoms with van der Waals surface area (Å²) in [6.07, 6.45) is 7.02. The summed E-state index contributed by atoms with van der Waals surface area (Å²) in [5.74, 6) is 1.88. The molecule has 3 nitrogen and oxygen atoms in total. The van der Waals surface area contributed by atoms with Crippen molar-refractivity contribution in [2.75, 3.05) is 12.4 Å². The summed E-state index contributed by atoms with van der Waals surface area (Å²) in [6.45, 7) is 4.72. The lowest BCUT2D eigenvalue weighted by Crippen LogP contribution is -2.39. The van der Waals surface area contributed by atoms with E-state index in [-0.39, 0.29) is 0 Å². The fourth-order valence-corrected chi connectivity index (χ4v) is 3.32. The molecule has 0 bridgehead atoms. The Labute approximate surface area is 126 Å². The van der Waals surface area contributed by atoms with Gasteiger partial charge in [0.15, 0.2) is 0 Å². The van der Waals surface area contributed by atoms with E-state index in [1.54, 1.807) is 7.11 Å². The predicted molar refractivity (Wildman–Crippen MR) is 88.0 cm³/mol. The number of pyridine rings is 1. The maximum atomic E-state index is 5.30. The number of methoxy groups -OCH3 is 1. The molecule has 2 aromatic rings. The van der Waals surface area contributed by atoms with Crippen molar-refractivity contribution in [2.24, 2.45) is 5.41 Å². The Balaban J connectivity index is 1.93. The quantitative estimate of drug-likeness (QED) is 0.892. The van der Waals surface area contributed by atoms with Gasteiger partial charge < -0.3 is 10.1 Å². The molecule has 0 saturated heterocycles. The molecule has 1 fully saturated rings. The number of hydrogen-bond donors (Lipinski definition) is 1. The van der Waals surface area contributed by atoms with Crippen LogP contribution in [-0.2, 0) is 0 Å². The average molecular weight is 284 g/mol. The Bertz CT molecular complexity index is 636. The van der Waals surface area contributed by atoms with Crippen LogP contribution in [0.1, 0.15) is 39.5 Å². The van der Waals surface area contributed by atoms with E-state index in [9.17, 15) is 0 Å². The third-order valence-corrected chi connectivity index (χ3v) is 4.79. The van der Waals surface area contributed by atoms with Gasteiger partial charge in [0, 0.05) is 17.6 Å². The molecular formula is C18H24N2O. The molecule has 0 radical (unpaired) electrons. The van der Waals surface area contributed by atoms with Gasteiger partial charge in [-0.05, 0) is 47.9 Å².